The molecule has 7 heteroatoms. The summed E-state index contributed by atoms with van der Waals surface area (Å²) < 4.78 is 77.3. The van der Waals surface area contributed by atoms with Crippen molar-refractivity contribution in [2.24, 2.45) is 0 Å². The zero-order chi connectivity index (χ0) is 25.0. The van der Waals surface area contributed by atoms with Crippen LogP contribution in [0, 0.1) is 42.9 Å². The van der Waals surface area contributed by atoms with Crippen molar-refractivity contribution in [2.45, 2.75) is 58.7 Å². The molecule has 0 spiro atoms. The van der Waals surface area contributed by atoms with Gasteiger partial charge in [0.15, 0.2) is 23.3 Å². The number of halogens is 5. The molecule has 2 unspecified atom stereocenters. The molecule has 0 saturated heterocycles. The van der Waals surface area contributed by atoms with Crippen molar-refractivity contribution in [1.82, 2.24) is 0 Å². The minimum Gasteiger partial charge on any atom is -0.488 e. The summed E-state index contributed by atoms with van der Waals surface area (Å²) in [6, 6.07) is 13.4. The van der Waals surface area contributed by atoms with Gasteiger partial charge in [-0.05, 0) is 37.8 Å². The maximum Gasteiger partial charge on any atom is 0.200 e. The van der Waals surface area contributed by atoms with Crippen LogP contribution >= 0.6 is 8.58 Å². The third-order valence-corrected chi connectivity index (χ3v) is 8.06. The summed E-state index contributed by atoms with van der Waals surface area (Å²) in [5.74, 6) is -8.91. The highest BCUT2D eigenvalue weighted by Gasteiger charge is 2.37. The second kappa shape index (κ2) is 10.9. The first-order valence-corrected chi connectivity index (χ1v) is 12.2. The maximum atomic E-state index is 14.7. The predicted molar refractivity (Wildman–Crippen MR) is 128 cm³/mol. The summed E-state index contributed by atoms with van der Waals surface area (Å²) in [5.41, 5.74) is 3.46. The Morgan fingerprint density at radius 2 is 1.41 bits per heavy atom. The van der Waals surface area contributed by atoms with E-state index in [1.807, 2.05) is 70.2 Å². The van der Waals surface area contributed by atoms with Crippen LogP contribution in [-0.2, 0) is 11.8 Å². The van der Waals surface area contributed by atoms with E-state index in [0.717, 1.165) is 22.3 Å². The van der Waals surface area contributed by atoms with E-state index in [4.69, 9.17) is 4.74 Å². The highest BCUT2D eigenvalue weighted by atomic mass is 31.1. The minimum absolute atomic E-state index is 0.287. The largest absolute Gasteiger partial charge is 0.488 e. The van der Waals surface area contributed by atoms with Gasteiger partial charge in [0.1, 0.15) is 12.4 Å². The molecule has 34 heavy (non-hydrogen) atoms. The Morgan fingerprint density at radius 1 is 0.824 bits per heavy atom. The number of aryl methyl sites for hydroxylation is 2. The molecule has 182 valence electrons. The van der Waals surface area contributed by atoms with Crippen molar-refractivity contribution < 1.29 is 26.7 Å². The maximum absolute atomic E-state index is 14.7. The van der Waals surface area contributed by atoms with E-state index in [2.05, 4.69) is 0 Å². The van der Waals surface area contributed by atoms with Gasteiger partial charge in [-0.15, -0.1) is 0 Å². The standard InChI is InChI=1S/C27H28F5OP/c1-5-12-27(6-2,34-26-23(31)21(29)20(28)22(30)24(26)32)19-14-16(3)13-17(4)25(19)33-15-18-10-8-7-9-11-18/h7-11,13-14,34H,5-6,12,15H2,1-4H3. The van der Waals surface area contributed by atoms with E-state index >= 15 is 0 Å². The number of benzene rings is 3. The summed E-state index contributed by atoms with van der Waals surface area (Å²) in [7, 11) is -0.680. The van der Waals surface area contributed by atoms with Crippen LogP contribution in [0.1, 0.15) is 55.4 Å². The molecule has 3 aromatic rings. The van der Waals surface area contributed by atoms with Gasteiger partial charge in [0.05, 0.1) is 5.30 Å². The molecule has 0 aliphatic rings. The highest BCUT2D eigenvalue weighted by molar-refractivity contribution is 7.48. The van der Waals surface area contributed by atoms with E-state index in [-0.39, 0.29) is 6.61 Å². The molecule has 0 radical (unpaired) electrons. The number of hydrogen-bond acceptors (Lipinski definition) is 1. The average Bonchev–Trinajstić information content (AvgIpc) is 2.83. The van der Waals surface area contributed by atoms with E-state index in [1.165, 1.54) is 0 Å². The molecule has 2 atom stereocenters. The molecular formula is C27H28F5OP. The second-order valence-corrected chi connectivity index (χ2v) is 10.2. The van der Waals surface area contributed by atoms with Gasteiger partial charge in [0.25, 0.3) is 0 Å². The molecule has 3 aromatic carbocycles. The lowest BCUT2D eigenvalue weighted by Crippen LogP contribution is -2.28. The highest BCUT2D eigenvalue weighted by Crippen LogP contribution is 2.52. The summed E-state index contributed by atoms with van der Waals surface area (Å²) in [6.07, 6.45) is 1.58. The summed E-state index contributed by atoms with van der Waals surface area (Å²) in [6.45, 7) is 7.89. The Labute approximate surface area is 199 Å². The van der Waals surface area contributed by atoms with Crippen LogP contribution < -0.4 is 10.0 Å². The topological polar surface area (TPSA) is 9.23 Å². The molecule has 0 fully saturated rings. The molecule has 0 amide bonds. The quantitative estimate of drug-likeness (QED) is 0.127. The van der Waals surface area contributed by atoms with E-state index in [1.54, 1.807) is 0 Å². The third kappa shape index (κ3) is 5.12. The van der Waals surface area contributed by atoms with Crippen LogP contribution in [0.2, 0.25) is 0 Å². The fourth-order valence-electron chi connectivity index (χ4n) is 4.33. The van der Waals surface area contributed by atoms with Crippen molar-refractivity contribution >= 4 is 13.9 Å². The van der Waals surface area contributed by atoms with Gasteiger partial charge in [-0.25, -0.2) is 22.0 Å². The Balaban J connectivity index is 2.16. The van der Waals surface area contributed by atoms with Crippen LogP contribution in [-0.4, -0.2) is 0 Å². The smallest absolute Gasteiger partial charge is 0.200 e. The molecule has 0 saturated carbocycles. The third-order valence-electron chi connectivity index (χ3n) is 6.01. The zero-order valence-corrected chi connectivity index (χ0v) is 20.7. The SMILES string of the molecule is CCCC(CC)(Pc1c(F)c(F)c(F)c(F)c1F)c1cc(C)cc(C)c1OCc1ccccc1. The first-order chi connectivity index (χ1) is 16.1. The molecular weight excluding hydrogens is 466 g/mol. The second-order valence-electron chi connectivity index (χ2n) is 8.49. The van der Waals surface area contributed by atoms with Crippen LogP contribution in [0.3, 0.4) is 0 Å². The van der Waals surface area contributed by atoms with Crippen molar-refractivity contribution in [3.8, 4) is 5.75 Å². The van der Waals surface area contributed by atoms with Crippen molar-refractivity contribution in [3.05, 3.63) is 93.8 Å². The Hall–Kier alpha value is -2.46. The lowest BCUT2D eigenvalue weighted by molar-refractivity contribution is 0.295. The summed E-state index contributed by atoms with van der Waals surface area (Å²) >= 11 is 0. The van der Waals surface area contributed by atoms with Crippen LogP contribution in [0.25, 0.3) is 0 Å². The Bertz CT molecular complexity index is 1140. The Kier molecular flexibility index (Phi) is 8.35. The fraction of sp³-hybridized carbons (Fsp3) is 0.333. The average molecular weight is 494 g/mol. The number of ether oxygens (including phenoxy) is 1. The molecule has 0 heterocycles. The van der Waals surface area contributed by atoms with Crippen LogP contribution in [0.4, 0.5) is 22.0 Å². The molecule has 3 rings (SSSR count). The van der Waals surface area contributed by atoms with Crippen molar-refractivity contribution in [1.29, 1.82) is 0 Å². The van der Waals surface area contributed by atoms with E-state index in [9.17, 15) is 22.0 Å². The zero-order valence-electron chi connectivity index (χ0n) is 19.7. The molecule has 0 bridgehead atoms. The van der Waals surface area contributed by atoms with Gasteiger partial charge in [-0.1, -0.05) is 76.9 Å². The van der Waals surface area contributed by atoms with E-state index in [0.29, 0.717) is 25.0 Å². The fourth-order valence-corrected chi connectivity index (χ4v) is 6.12. The van der Waals surface area contributed by atoms with Gasteiger partial charge in [0, 0.05) is 10.7 Å². The van der Waals surface area contributed by atoms with Gasteiger partial charge < -0.3 is 4.74 Å². The van der Waals surface area contributed by atoms with Crippen LogP contribution in [0.15, 0.2) is 42.5 Å². The summed E-state index contributed by atoms with van der Waals surface area (Å²) in [4.78, 5) is 0. The lowest BCUT2D eigenvalue weighted by atomic mass is 9.87. The minimum atomic E-state index is -2.14. The molecule has 0 N–H and O–H groups in total. The predicted octanol–water partition coefficient (Wildman–Crippen LogP) is 7.99. The van der Waals surface area contributed by atoms with Gasteiger partial charge >= 0.3 is 0 Å². The molecule has 0 aliphatic carbocycles. The summed E-state index contributed by atoms with van der Waals surface area (Å²) in [5, 5.41) is -1.63. The van der Waals surface area contributed by atoms with Gasteiger partial charge in [-0.3, -0.25) is 0 Å². The lowest BCUT2D eigenvalue weighted by Gasteiger charge is -2.36. The first-order valence-electron chi connectivity index (χ1n) is 11.2. The van der Waals surface area contributed by atoms with E-state index < -0.39 is 48.1 Å². The first kappa shape index (κ1) is 26.2. The molecule has 0 aliphatic heterocycles. The van der Waals surface area contributed by atoms with Gasteiger partial charge in [-0.2, -0.15) is 0 Å². The van der Waals surface area contributed by atoms with Crippen molar-refractivity contribution in [3.63, 3.8) is 0 Å². The number of hydrogen-bond donors (Lipinski definition) is 0. The molecule has 0 aromatic heterocycles. The Morgan fingerprint density at radius 3 is 1.97 bits per heavy atom. The molecule has 1 nitrogen and oxygen atoms in total. The van der Waals surface area contributed by atoms with Gasteiger partial charge in [0.2, 0.25) is 5.82 Å². The van der Waals surface area contributed by atoms with Crippen molar-refractivity contribution in [2.75, 3.05) is 0 Å². The normalized spacial score (nSPS) is 13.4. The monoisotopic (exact) mass is 494 g/mol. The number of rotatable bonds is 9. The van der Waals surface area contributed by atoms with Crippen LogP contribution in [0.5, 0.6) is 5.75 Å².